The number of hydrogen-bond acceptors (Lipinski definition) is 2. The molecule has 1 aliphatic rings. The zero-order valence-corrected chi connectivity index (χ0v) is 10.5. The molecule has 0 radical (unpaired) electrons. The van der Waals surface area contributed by atoms with Gasteiger partial charge in [-0.2, -0.15) is 0 Å². The Hall–Kier alpha value is -0.540. The van der Waals surface area contributed by atoms with Gasteiger partial charge in [0.05, 0.1) is 4.47 Å². The summed E-state index contributed by atoms with van der Waals surface area (Å²) in [5, 5.41) is 3.42. The molecule has 1 heterocycles. The van der Waals surface area contributed by atoms with Crippen LogP contribution in [0.25, 0.3) is 0 Å². The van der Waals surface area contributed by atoms with Gasteiger partial charge in [0, 0.05) is 6.04 Å². The van der Waals surface area contributed by atoms with Crippen molar-refractivity contribution in [3.63, 3.8) is 0 Å². The minimum Gasteiger partial charge on any atom is -0.491 e. The number of nitrogens with one attached hydrogen (secondary N) is 1. The van der Waals surface area contributed by atoms with Crippen molar-refractivity contribution in [1.29, 1.82) is 0 Å². The molecule has 1 aromatic rings. The van der Waals surface area contributed by atoms with Gasteiger partial charge in [0.25, 0.3) is 0 Å². The van der Waals surface area contributed by atoms with Crippen LogP contribution in [0.1, 0.15) is 18.4 Å². The minimum atomic E-state index is 0.526. The molecule has 1 saturated heterocycles. The maximum atomic E-state index is 5.77. The fourth-order valence-corrected chi connectivity index (χ4v) is 2.42. The van der Waals surface area contributed by atoms with Crippen LogP contribution in [0.4, 0.5) is 0 Å². The molecule has 0 aromatic heterocycles. The van der Waals surface area contributed by atoms with Crippen molar-refractivity contribution in [2.24, 2.45) is 0 Å². The molecule has 0 unspecified atom stereocenters. The average Bonchev–Trinajstić information content (AvgIpc) is 2.69. The highest BCUT2D eigenvalue weighted by atomic mass is 79.9. The van der Waals surface area contributed by atoms with Gasteiger partial charge in [0.1, 0.15) is 12.4 Å². The maximum absolute atomic E-state index is 5.77. The van der Waals surface area contributed by atoms with Gasteiger partial charge in [-0.05, 0) is 59.9 Å². The van der Waals surface area contributed by atoms with Crippen LogP contribution in [-0.4, -0.2) is 19.2 Å². The maximum Gasteiger partial charge on any atom is 0.133 e. The molecule has 0 aliphatic carbocycles. The van der Waals surface area contributed by atoms with E-state index in [1.165, 1.54) is 18.4 Å². The van der Waals surface area contributed by atoms with Crippen LogP contribution in [0, 0.1) is 6.92 Å². The Morgan fingerprint density at radius 1 is 1.53 bits per heavy atom. The van der Waals surface area contributed by atoms with Gasteiger partial charge in [-0.3, -0.25) is 0 Å². The Kier molecular flexibility index (Phi) is 3.65. The Morgan fingerprint density at radius 2 is 2.40 bits per heavy atom. The molecule has 82 valence electrons. The number of ether oxygens (including phenoxy) is 1. The smallest absolute Gasteiger partial charge is 0.133 e. The fraction of sp³-hybridized carbons (Fsp3) is 0.500. The first-order valence-electron chi connectivity index (χ1n) is 5.38. The molecule has 1 N–H and O–H groups in total. The molecule has 0 saturated carbocycles. The molecule has 2 nitrogen and oxygen atoms in total. The highest BCUT2D eigenvalue weighted by molar-refractivity contribution is 9.10. The molecule has 1 fully saturated rings. The number of rotatable bonds is 3. The molecule has 3 heteroatoms. The summed E-state index contributed by atoms with van der Waals surface area (Å²) in [5.41, 5.74) is 1.24. The lowest BCUT2D eigenvalue weighted by atomic mass is 10.2. The van der Waals surface area contributed by atoms with Crippen LogP contribution in [0.15, 0.2) is 22.7 Å². The first-order valence-corrected chi connectivity index (χ1v) is 6.17. The van der Waals surface area contributed by atoms with Gasteiger partial charge in [-0.15, -0.1) is 0 Å². The van der Waals surface area contributed by atoms with Gasteiger partial charge < -0.3 is 10.1 Å². The van der Waals surface area contributed by atoms with Gasteiger partial charge in [-0.1, -0.05) is 6.07 Å². The number of hydrogen-bond donors (Lipinski definition) is 1. The Balaban J connectivity index is 1.92. The summed E-state index contributed by atoms with van der Waals surface area (Å²) in [6, 6.07) is 6.70. The van der Waals surface area contributed by atoms with Crippen molar-refractivity contribution in [3.05, 3.63) is 28.2 Å². The lowest BCUT2D eigenvalue weighted by Crippen LogP contribution is -2.28. The molecule has 0 spiro atoms. The van der Waals surface area contributed by atoms with Crippen LogP contribution in [0.3, 0.4) is 0 Å². The topological polar surface area (TPSA) is 21.3 Å². The third kappa shape index (κ3) is 2.95. The summed E-state index contributed by atoms with van der Waals surface area (Å²) in [6.45, 7) is 3.97. The molecule has 15 heavy (non-hydrogen) atoms. The van der Waals surface area contributed by atoms with E-state index >= 15 is 0 Å². The van der Waals surface area contributed by atoms with E-state index in [1.54, 1.807) is 0 Å². The molecule has 1 aromatic carbocycles. The highest BCUT2D eigenvalue weighted by Gasteiger charge is 2.14. The van der Waals surface area contributed by atoms with Gasteiger partial charge in [0.15, 0.2) is 0 Å². The largest absolute Gasteiger partial charge is 0.491 e. The minimum absolute atomic E-state index is 0.526. The van der Waals surface area contributed by atoms with Crippen molar-refractivity contribution in [2.75, 3.05) is 13.2 Å². The Morgan fingerprint density at radius 3 is 3.07 bits per heavy atom. The standard InChI is InChI=1S/C12H16BrNO/c1-9-4-5-12(11(13)7-9)15-8-10-3-2-6-14-10/h4-5,7,10,14H,2-3,6,8H2,1H3/t10-/m0/s1. The van der Waals surface area contributed by atoms with Crippen LogP contribution in [0.2, 0.25) is 0 Å². The van der Waals surface area contributed by atoms with E-state index in [0.29, 0.717) is 6.04 Å². The van der Waals surface area contributed by atoms with Crippen LogP contribution in [0.5, 0.6) is 5.75 Å². The van der Waals surface area contributed by atoms with Gasteiger partial charge in [0.2, 0.25) is 0 Å². The first-order chi connectivity index (χ1) is 7.25. The van der Waals surface area contributed by atoms with Crippen molar-refractivity contribution in [3.8, 4) is 5.75 Å². The molecule has 0 bridgehead atoms. The van der Waals surface area contributed by atoms with E-state index in [-0.39, 0.29) is 0 Å². The summed E-state index contributed by atoms with van der Waals surface area (Å²) in [5.74, 6) is 0.939. The van der Waals surface area contributed by atoms with E-state index in [2.05, 4.69) is 40.3 Å². The second kappa shape index (κ2) is 4.99. The number of benzene rings is 1. The molecule has 1 atom stereocenters. The van der Waals surface area contributed by atoms with Crippen molar-refractivity contribution in [2.45, 2.75) is 25.8 Å². The summed E-state index contributed by atoms with van der Waals surface area (Å²) in [4.78, 5) is 0. The summed E-state index contributed by atoms with van der Waals surface area (Å²) < 4.78 is 6.81. The summed E-state index contributed by atoms with van der Waals surface area (Å²) >= 11 is 3.51. The Bertz CT molecular complexity index is 334. The zero-order valence-electron chi connectivity index (χ0n) is 8.92. The van der Waals surface area contributed by atoms with Crippen LogP contribution >= 0.6 is 15.9 Å². The fourth-order valence-electron chi connectivity index (χ4n) is 1.81. The van der Waals surface area contributed by atoms with E-state index in [0.717, 1.165) is 23.4 Å². The van der Waals surface area contributed by atoms with E-state index in [9.17, 15) is 0 Å². The first kappa shape index (κ1) is 11.0. The van der Waals surface area contributed by atoms with Crippen molar-refractivity contribution >= 4 is 15.9 Å². The molecular weight excluding hydrogens is 254 g/mol. The molecule has 0 amide bonds. The summed E-state index contributed by atoms with van der Waals surface area (Å²) in [6.07, 6.45) is 2.49. The lowest BCUT2D eigenvalue weighted by molar-refractivity contribution is 0.275. The van der Waals surface area contributed by atoms with E-state index in [4.69, 9.17) is 4.74 Å². The number of halogens is 1. The zero-order chi connectivity index (χ0) is 10.7. The molecule has 2 rings (SSSR count). The predicted molar refractivity (Wildman–Crippen MR) is 65.4 cm³/mol. The second-order valence-corrected chi connectivity index (χ2v) is 4.89. The predicted octanol–water partition coefficient (Wildman–Crippen LogP) is 2.89. The summed E-state index contributed by atoms with van der Waals surface area (Å²) in [7, 11) is 0. The van der Waals surface area contributed by atoms with Gasteiger partial charge in [-0.25, -0.2) is 0 Å². The quantitative estimate of drug-likeness (QED) is 0.911. The van der Waals surface area contributed by atoms with Crippen molar-refractivity contribution in [1.82, 2.24) is 5.32 Å². The van der Waals surface area contributed by atoms with Gasteiger partial charge >= 0.3 is 0 Å². The third-order valence-electron chi connectivity index (χ3n) is 2.69. The van der Waals surface area contributed by atoms with Crippen molar-refractivity contribution < 1.29 is 4.74 Å². The van der Waals surface area contributed by atoms with Crippen LogP contribution in [-0.2, 0) is 0 Å². The SMILES string of the molecule is Cc1ccc(OC[C@@H]2CCCN2)c(Br)c1. The van der Waals surface area contributed by atoms with E-state index < -0.39 is 0 Å². The number of aryl methyl sites for hydroxylation is 1. The Labute approximate surface area is 99.1 Å². The molecule has 1 aliphatic heterocycles. The normalized spacial score (nSPS) is 20.5. The monoisotopic (exact) mass is 269 g/mol. The second-order valence-electron chi connectivity index (χ2n) is 4.04. The molecular formula is C12H16BrNO. The lowest BCUT2D eigenvalue weighted by Gasteiger charge is -2.13. The average molecular weight is 270 g/mol. The highest BCUT2D eigenvalue weighted by Crippen LogP contribution is 2.26. The third-order valence-corrected chi connectivity index (χ3v) is 3.31. The van der Waals surface area contributed by atoms with E-state index in [1.807, 2.05) is 6.07 Å². The van der Waals surface area contributed by atoms with Crippen LogP contribution < -0.4 is 10.1 Å².